The zero-order valence-electron chi connectivity index (χ0n) is 11.1. The van der Waals surface area contributed by atoms with Crippen LogP contribution in [0, 0.1) is 0 Å². The summed E-state index contributed by atoms with van der Waals surface area (Å²) in [6.07, 6.45) is 0. The topological polar surface area (TPSA) is 58.2 Å². The van der Waals surface area contributed by atoms with Gasteiger partial charge in [-0.2, -0.15) is 0 Å². The molecule has 20 heavy (non-hydrogen) atoms. The van der Waals surface area contributed by atoms with E-state index >= 15 is 0 Å². The number of rotatable bonds is 5. The lowest BCUT2D eigenvalue weighted by Crippen LogP contribution is -2.14. The van der Waals surface area contributed by atoms with Gasteiger partial charge in [0.05, 0.1) is 3.79 Å². The van der Waals surface area contributed by atoms with Crippen molar-refractivity contribution in [2.75, 3.05) is 11.8 Å². The van der Waals surface area contributed by atoms with Crippen LogP contribution in [0.1, 0.15) is 18.5 Å². The monoisotopic (exact) mass is 374 g/mol. The number of sulfonamides is 1. The van der Waals surface area contributed by atoms with Gasteiger partial charge >= 0.3 is 0 Å². The van der Waals surface area contributed by atoms with Gasteiger partial charge in [-0.3, -0.25) is 4.72 Å². The molecule has 2 rings (SSSR count). The molecule has 7 heteroatoms. The Hall–Kier alpha value is -0.890. The molecule has 108 valence electrons. The van der Waals surface area contributed by atoms with Crippen molar-refractivity contribution < 1.29 is 8.42 Å². The lowest BCUT2D eigenvalue weighted by molar-refractivity contribution is 0.603. The third-order valence-electron chi connectivity index (χ3n) is 2.89. The summed E-state index contributed by atoms with van der Waals surface area (Å²) in [5.74, 6) is 0. The van der Waals surface area contributed by atoms with Crippen LogP contribution in [0.5, 0.6) is 0 Å². The maximum Gasteiger partial charge on any atom is 0.271 e. The molecule has 1 aromatic heterocycles. The first kappa shape index (κ1) is 15.5. The summed E-state index contributed by atoms with van der Waals surface area (Å²) in [6, 6.07) is 10.8. The highest BCUT2D eigenvalue weighted by Crippen LogP contribution is 2.28. The van der Waals surface area contributed by atoms with Crippen LogP contribution >= 0.6 is 27.3 Å². The van der Waals surface area contributed by atoms with E-state index in [-0.39, 0.29) is 10.3 Å². The minimum Gasteiger partial charge on any atom is -0.313 e. The lowest BCUT2D eigenvalue weighted by Gasteiger charge is -2.13. The van der Waals surface area contributed by atoms with Crippen LogP contribution in [0.4, 0.5) is 5.69 Å². The highest BCUT2D eigenvalue weighted by molar-refractivity contribution is 9.11. The van der Waals surface area contributed by atoms with E-state index in [1.807, 2.05) is 32.2 Å². The van der Waals surface area contributed by atoms with Gasteiger partial charge in [-0.25, -0.2) is 8.42 Å². The molecule has 1 heterocycles. The zero-order valence-corrected chi connectivity index (χ0v) is 14.3. The number of nitrogens with one attached hydrogen (secondary N) is 2. The van der Waals surface area contributed by atoms with Crippen molar-refractivity contribution in [1.29, 1.82) is 0 Å². The fraction of sp³-hybridized carbons (Fsp3) is 0.231. The van der Waals surface area contributed by atoms with Crippen molar-refractivity contribution in [3.05, 3.63) is 45.7 Å². The smallest absolute Gasteiger partial charge is 0.271 e. The molecular formula is C13H15BrN2O2S2. The van der Waals surface area contributed by atoms with Gasteiger partial charge in [0.25, 0.3) is 10.0 Å². The van der Waals surface area contributed by atoms with Gasteiger partial charge in [0.1, 0.15) is 4.21 Å². The Morgan fingerprint density at radius 3 is 2.60 bits per heavy atom. The Kier molecular flexibility index (Phi) is 4.85. The summed E-state index contributed by atoms with van der Waals surface area (Å²) >= 11 is 4.45. The average molecular weight is 375 g/mol. The van der Waals surface area contributed by atoms with Crippen LogP contribution in [-0.2, 0) is 10.0 Å². The largest absolute Gasteiger partial charge is 0.313 e. The Balaban J connectivity index is 2.26. The van der Waals surface area contributed by atoms with E-state index in [0.717, 1.165) is 9.35 Å². The van der Waals surface area contributed by atoms with Crippen LogP contribution in [0.25, 0.3) is 0 Å². The van der Waals surface area contributed by atoms with Gasteiger partial charge < -0.3 is 5.32 Å². The molecule has 0 amide bonds. The predicted octanol–water partition coefficient (Wildman–Crippen LogP) is 3.59. The second kappa shape index (κ2) is 6.26. The van der Waals surface area contributed by atoms with Gasteiger partial charge in [-0.1, -0.05) is 12.1 Å². The van der Waals surface area contributed by atoms with Crippen LogP contribution in [0.2, 0.25) is 0 Å². The highest BCUT2D eigenvalue weighted by atomic mass is 79.9. The second-order valence-corrected chi connectivity index (χ2v) is 8.67. The standard InChI is InChI=1S/C13H15BrN2O2S2/c1-9(15-2)10-4-3-5-11(8-10)16-20(17,18)13-7-6-12(14)19-13/h3-9,15-16H,1-2H3. The zero-order chi connectivity index (χ0) is 14.8. The normalized spacial score (nSPS) is 13.2. The van der Waals surface area contributed by atoms with Crippen molar-refractivity contribution in [2.45, 2.75) is 17.2 Å². The van der Waals surface area contributed by atoms with Crippen LogP contribution < -0.4 is 10.0 Å². The molecule has 0 fully saturated rings. The molecule has 0 spiro atoms. The Labute approximate surface area is 131 Å². The molecule has 0 bridgehead atoms. The predicted molar refractivity (Wildman–Crippen MR) is 86.7 cm³/mol. The van der Waals surface area contributed by atoms with Crippen molar-refractivity contribution in [2.24, 2.45) is 0 Å². The summed E-state index contributed by atoms with van der Waals surface area (Å²) in [5.41, 5.74) is 1.59. The minimum atomic E-state index is -3.52. The van der Waals surface area contributed by atoms with Gasteiger partial charge in [0.15, 0.2) is 0 Å². The number of anilines is 1. The van der Waals surface area contributed by atoms with Gasteiger partial charge in [-0.15, -0.1) is 11.3 Å². The summed E-state index contributed by atoms with van der Waals surface area (Å²) in [6.45, 7) is 2.02. The van der Waals surface area contributed by atoms with E-state index < -0.39 is 10.0 Å². The maximum atomic E-state index is 12.2. The molecule has 2 N–H and O–H groups in total. The molecule has 4 nitrogen and oxygen atoms in total. The molecule has 0 aliphatic heterocycles. The highest BCUT2D eigenvalue weighted by Gasteiger charge is 2.17. The molecule has 0 aliphatic carbocycles. The Morgan fingerprint density at radius 1 is 1.25 bits per heavy atom. The molecule has 0 aliphatic rings. The van der Waals surface area contributed by atoms with Crippen molar-refractivity contribution in [3.8, 4) is 0 Å². The summed E-state index contributed by atoms with van der Waals surface area (Å²) in [7, 11) is -1.66. The fourth-order valence-corrected chi connectivity index (χ4v) is 4.75. The third kappa shape index (κ3) is 3.60. The van der Waals surface area contributed by atoms with Crippen LogP contribution in [-0.4, -0.2) is 15.5 Å². The Morgan fingerprint density at radius 2 is 2.00 bits per heavy atom. The van der Waals surface area contributed by atoms with E-state index in [0.29, 0.717) is 5.69 Å². The third-order valence-corrected chi connectivity index (χ3v) is 6.38. The molecule has 1 unspecified atom stereocenters. The van der Waals surface area contributed by atoms with Crippen molar-refractivity contribution in [3.63, 3.8) is 0 Å². The quantitative estimate of drug-likeness (QED) is 0.840. The molecule has 0 saturated heterocycles. The van der Waals surface area contributed by atoms with E-state index in [1.54, 1.807) is 18.2 Å². The van der Waals surface area contributed by atoms with E-state index in [1.165, 1.54) is 11.3 Å². The first-order valence-corrected chi connectivity index (χ1v) is 9.07. The molecule has 0 saturated carbocycles. The van der Waals surface area contributed by atoms with E-state index in [4.69, 9.17) is 0 Å². The molecular weight excluding hydrogens is 360 g/mol. The molecule has 1 aromatic carbocycles. The maximum absolute atomic E-state index is 12.2. The number of thiophene rings is 1. The molecule has 2 aromatic rings. The van der Waals surface area contributed by atoms with Gasteiger partial charge in [0, 0.05) is 11.7 Å². The average Bonchev–Trinajstić information content (AvgIpc) is 2.85. The SMILES string of the molecule is CNC(C)c1cccc(NS(=O)(=O)c2ccc(Br)s2)c1. The molecule has 0 radical (unpaired) electrons. The van der Waals surface area contributed by atoms with Crippen molar-refractivity contribution >= 4 is 43.0 Å². The summed E-state index contributed by atoms with van der Waals surface area (Å²) in [5, 5.41) is 3.12. The van der Waals surface area contributed by atoms with Gasteiger partial charge in [0.2, 0.25) is 0 Å². The van der Waals surface area contributed by atoms with Crippen LogP contribution in [0.15, 0.2) is 44.4 Å². The Bertz CT molecular complexity index is 698. The van der Waals surface area contributed by atoms with E-state index in [2.05, 4.69) is 26.0 Å². The van der Waals surface area contributed by atoms with Crippen molar-refractivity contribution in [1.82, 2.24) is 5.32 Å². The number of hydrogen-bond donors (Lipinski definition) is 2. The first-order valence-electron chi connectivity index (χ1n) is 5.98. The number of hydrogen-bond acceptors (Lipinski definition) is 4. The number of halogens is 1. The minimum absolute atomic E-state index is 0.162. The second-order valence-electron chi connectivity index (χ2n) is 4.30. The fourth-order valence-electron chi connectivity index (χ4n) is 1.69. The lowest BCUT2D eigenvalue weighted by atomic mass is 10.1. The van der Waals surface area contributed by atoms with Gasteiger partial charge in [-0.05, 0) is 59.7 Å². The van der Waals surface area contributed by atoms with Crippen LogP contribution in [0.3, 0.4) is 0 Å². The number of benzene rings is 1. The molecule has 1 atom stereocenters. The summed E-state index contributed by atoms with van der Waals surface area (Å²) in [4.78, 5) is 0. The van der Waals surface area contributed by atoms with E-state index in [9.17, 15) is 8.42 Å². The summed E-state index contributed by atoms with van der Waals surface area (Å²) < 4.78 is 28.1. The first-order chi connectivity index (χ1) is 9.42.